The standard InChI is InChI=1S/C18H29F9O6S/c1-2-3-8-30-11-13-32-14-12-31-9-6-4-5-7-10-33-34(28,29)18(26,27)16(21,22)15(19,20)17(23,24)25/h2-14H2,1H3. The molecule has 0 heterocycles. The molecule has 0 fully saturated rings. The van der Waals surface area contributed by atoms with Crippen molar-refractivity contribution in [1.29, 1.82) is 0 Å². The van der Waals surface area contributed by atoms with Gasteiger partial charge < -0.3 is 14.2 Å². The van der Waals surface area contributed by atoms with E-state index in [2.05, 4.69) is 4.18 Å². The molecule has 0 unspecified atom stereocenters. The van der Waals surface area contributed by atoms with Crippen LogP contribution in [0.2, 0.25) is 0 Å². The molecule has 0 aliphatic heterocycles. The number of hydrogen-bond acceptors (Lipinski definition) is 6. The van der Waals surface area contributed by atoms with Crippen molar-refractivity contribution in [2.45, 2.75) is 68.7 Å². The molecule has 0 aromatic carbocycles. The lowest BCUT2D eigenvalue weighted by molar-refractivity contribution is -0.382. The van der Waals surface area contributed by atoms with Crippen LogP contribution < -0.4 is 0 Å². The van der Waals surface area contributed by atoms with Gasteiger partial charge in [0, 0.05) is 13.2 Å². The van der Waals surface area contributed by atoms with Crippen LogP contribution in [0.25, 0.3) is 0 Å². The summed E-state index contributed by atoms with van der Waals surface area (Å²) in [5.74, 6) is -14.6. The van der Waals surface area contributed by atoms with E-state index in [1.165, 1.54) is 0 Å². The van der Waals surface area contributed by atoms with Gasteiger partial charge in [-0.1, -0.05) is 26.2 Å². The van der Waals surface area contributed by atoms with Crippen LogP contribution in [0.15, 0.2) is 0 Å². The second-order valence-electron chi connectivity index (χ2n) is 7.04. The van der Waals surface area contributed by atoms with Gasteiger partial charge in [0.2, 0.25) is 0 Å². The molecule has 0 rings (SSSR count). The summed E-state index contributed by atoms with van der Waals surface area (Å²) in [6, 6.07) is 0. The molecule has 34 heavy (non-hydrogen) atoms. The SMILES string of the molecule is CCCCOCCOCCOCCCCCCOS(=O)(=O)C(F)(F)C(F)(F)C(F)(F)C(F)(F)F. The van der Waals surface area contributed by atoms with Crippen molar-refractivity contribution in [3.05, 3.63) is 0 Å². The molecule has 0 spiro atoms. The van der Waals surface area contributed by atoms with Crippen LogP contribution in [0.4, 0.5) is 39.5 Å². The highest BCUT2D eigenvalue weighted by molar-refractivity contribution is 7.87. The molecular weight excluding hydrogens is 515 g/mol. The van der Waals surface area contributed by atoms with Crippen molar-refractivity contribution in [3.8, 4) is 0 Å². The first kappa shape index (κ1) is 33.2. The Kier molecular flexibility index (Phi) is 14.3. The number of hydrogen-bond donors (Lipinski definition) is 0. The number of unbranched alkanes of at least 4 members (excludes halogenated alkanes) is 4. The molecule has 206 valence electrons. The molecule has 0 saturated heterocycles. The summed E-state index contributed by atoms with van der Waals surface area (Å²) >= 11 is 0. The van der Waals surface area contributed by atoms with E-state index in [0.717, 1.165) is 12.8 Å². The second kappa shape index (κ2) is 14.7. The van der Waals surface area contributed by atoms with Gasteiger partial charge in [-0.15, -0.1) is 0 Å². The van der Waals surface area contributed by atoms with E-state index in [0.29, 0.717) is 45.9 Å². The largest absolute Gasteiger partial charge is 0.460 e. The van der Waals surface area contributed by atoms with Gasteiger partial charge in [0.15, 0.2) is 0 Å². The van der Waals surface area contributed by atoms with Crippen molar-refractivity contribution in [3.63, 3.8) is 0 Å². The van der Waals surface area contributed by atoms with E-state index in [4.69, 9.17) is 14.2 Å². The Hall–Kier alpha value is -0.840. The summed E-state index contributed by atoms with van der Waals surface area (Å²) in [6.07, 6.45) is -4.39. The van der Waals surface area contributed by atoms with E-state index in [1.807, 2.05) is 6.92 Å². The zero-order valence-corrected chi connectivity index (χ0v) is 19.3. The summed E-state index contributed by atoms with van der Waals surface area (Å²) in [5, 5.41) is -6.82. The lowest BCUT2D eigenvalue weighted by Crippen LogP contribution is -2.63. The molecule has 0 aromatic heterocycles. The number of ether oxygens (including phenoxy) is 3. The Morgan fingerprint density at radius 3 is 1.41 bits per heavy atom. The molecule has 0 atom stereocenters. The van der Waals surface area contributed by atoms with E-state index < -0.39 is 40.0 Å². The van der Waals surface area contributed by atoms with Gasteiger partial charge in [0.1, 0.15) is 0 Å². The quantitative estimate of drug-likeness (QED) is 0.120. The predicted molar refractivity (Wildman–Crippen MR) is 102 cm³/mol. The minimum Gasteiger partial charge on any atom is -0.379 e. The molecule has 0 aliphatic carbocycles. The summed E-state index contributed by atoms with van der Waals surface area (Å²) in [7, 11) is -6.79. The fourth-order valence-corrected chi connectivity index (χ4v) is 3.14. The molecule has 0 amide bonds. The van der Waals surface area contributed by atoms with Crippen LogP contribution in [0.1, 0.15) is 45.4 Å². The Morgan fingerprint density at radius 1 is 0.559 bits per heavy atom. The Bertz CT molecular complexity index is 657. The van der Waals surface area contributed by atoms with Gasteiger partial charge in [0.25, 0.3) is 0 Å². The molecule has 0 aromatic rings. The lowest BCUT2D eigenvalue weighted by atomic mass is 10.1. The third-order valence-corrected chi connectivity index (χ3v) is 5.60. The minimum absolute atomic E-state index is 0.158. The molecule has 0 bridgehead atoms. The van der Waals surface area contributed by atoms with Crippen molar-refractivity contribution < 1.29 is 66.3 Å². The van der Waals surface area contributed by atoms with E-state index in [-0.39, 0.29) is 19.4 Å². The van der Waals surface area contributed by atoms with Gasteiger partial charge >= 0.3 is 33.4 Å². The first-order valence-electron chi connectivity index (χ1n) is 10.4. The van der Waals surface area contributed by atoms with Crippen LogP contribution in [-0.4, -0.2) is 77.9 Å². The van der Waals surface area contributed by atoms with Gasteiger partial charge in [-0.25, -0.2) is 0 Å². The molecular formula is C18H29F9O6S. The first-order valence-corrected chi connectivity index (χ1v) is 11.8. The Labute approximate surface area is 192 Å². The highest BCUT2D eigenvalue weighted by Crippen LogP contribution is 2.54. The zero-order chi connectivity index (χ0) is 26.5. The third-order valence-electron chi connectivity index (χ3n) is 4.24. The smallest absolute Gasteiger partial charge is 0.379 e. The van der Waals surface area contributed by atoms with Crippen LogP contribution in [0, 0.1) is 0 Å². The number of alkyl halides is 9. The molecule has 0 radical (unpaired) electrons. The van der Waals surface area contributed by atoms with E-state index in [1.54, 1.807) is 0 Å². The first-order chi connectivity index (χ1) is 15.6. The Balaban J connectivity index is 4.11. The predicted octanol–water partition coefficient (Wildman–Crippen LogP) is 5.17. The summed E-state index contributed by atoms with van der Waals surface area (Å²) in [4.78, 5) is 0. The number of halogens is 9. The topological polar surface area (TPSA) is 71.1 Å². The third kappa shape index (κ3) is 9.66. The van der Waals surface area contributed by atoms with Crippen molar-refractivity contribution in [2.75, 3.05) is 46.2 Å². The van der Waals surface area contributed by atoms with Crippen LogP contribution in [0.3, 0.4) is 0 Å². The van der Waals surface area contributed by atoms with Crippen LogP contribution in [0.5, 0.6) is 0 Å². The summed E-state index contributed by atoms with van der Waals surface area (Å²) < 4.78 is 157. The minimum atomic E-state index is -7.31. The van der Waals surface area contributed by atoms with Gasteiger partial charge in [-0.3, -0.25) is 4.18 Å². The van der Waals surface area contributed by atoms with E-state index in [9.17, 15) is 47.9 Å². The van der Waals surface area contributed by atoms with E-state index >= 15 is 0 Å². The van der Waals surface area contributed by atoms with Crippen LogP contribution >= 0.6 is 0 Å². The van der Waals surface area contributed by atoms with Gasteiger partial charge in [-0.2, -0.15) is 47.9 Å². The average molecular weight is 544 g/mol. The summed E-state index contributed by atoms with van der Waals surface area (Å²) in [5.41, 5.74) is 0. The fourth-order valence-electron chi connectivity index (χ4n) is 2.21. The monoisotopic (exact) mass is 544 g/mol. The zero-order valence-electron chi connectivity index (χ0n) is 18.5. The van der Waals surface area contributed by atoms with Gasteiger partial charge in [-0.05, 0) is 19.3 Å². The highest BCUT2D eigenvalue weighted by Gasteiger charge is 2.85. The average Bonchev–Trinajstić information content (AvgIpc) is 2.72. The summed E-state index contributed by atoms with van der Waals surface area (Å²) in [6.45, 7) is 3.37. The van der Waals surface area contributed by atoms with Crippen molar-refractivity contribution in [2.24, 2.45) is 0 Å². The molecule has 0 N–H and O–H groups in total. The maximum Gasteiger partial charge on any atom is 0.460 e. The van der Waals surface area contributed by atoms with Crippen molar-refractivity contribution in [1.82, 2.24) is 0 Å². The second-order valence-corrected chi connectivity index (χ2v) is 8.70. The van der Waals surface area contributed by atoms with Crippen LogP contribution in [-0.2, 0) is 28.5 Å². The number of rotatable bonds is 20. The molecule has 0 aliphatic rings. The van der Waals surface area contributed by atoms with Crippen molar-refractivity contribution >= 4 is 10.1 Å². The highest BCUT2D eigenvalue weighted by atomic mass is 32.2. The maximum atomic E-state index is 13.4. The van der Waals surface area contributed by atoms with Gasteiger partial charge in [0.05, 0.1) is 33.0 Å². The maximum absolute atomic E-state index is 13.4. The molecule has 6 nitrogen and oxygen atoms in total. The lowest BCUT2D eigenvalue weighted by Gasteiger charge is -2.32. The normalized spacial score (nSPS) is 14.1. The Morgan fingerprint density at radius 2 is 0.971 bits per heavy atom. The molecule has 0 saturated carbocycles. The fraction of sp³-hybridized carbons (Fsp3) is 1.00. The molecule has 16 heteroatoms.